The highest BCUT2D eigenvalue weighted by molar-refractivity contribution is 7.20. The van der Waals surface area contributed by atoms with Crippen molar-refractivity contribution in [2.24, 2.45) is 0 Å². The second-order valence-corrected chi connectivity index (χ2v) is 6.61. The number of halogens is 1. The number of nitrogens with zero attached hydrogens (tertiary/aromatic N) is 4. The van der Waals surface area contributed by atoms with Crippen LogP contribution in [0, 0.1) is 5.82 Å². The number of ether oxygens (including phenoxy) is 2. The Morgan fingerprint density at radius 3 is 2.54 bits per heavy atom. The van der Waals surface area contributed by atoms with E-state index < -0.39 is 11.7 Å². The average molecular weight is 399 g/mol. The van der Waals surface area contributed by atoms with E-state index in [2.05, 4.69) is 20.6 Å². The summed E-state index contributed by atoms with van der Waals surface area (Å²) in [6.07, 6.45) is 0. The molecule has 0 aliphatic rings. The first-order valence-electron chi connectivity index (χ1n) is 8.10. The van der Waals surface area contributed by atoms with Gasteiger partial charge in [0.25, 0.3) is 5.91 Å². The van der Waals surface area contributed by atoms with Gasteiger partial charge >= 0.3 is 0 Å². The summed E-state index contributed by atoms with van der Waals surface area (Å²) in [5, 5.41) is 15.7. The molecule has 0 saturated carbocycles. The molecule has 0 radical (unpaired) electrons. The topological polar surface area (TPSA) is 90.6 Å². The monoisotopic (exact) mass is 399 g/mol. The van der Waals surface area contributed by atoms with Crippen molar-refractivity contribution in [3.05, 3.63) is 53.8 Å². The Labute approximate surface area is 162 Å². The van der Waals surface area contributed by atoms with Crippen molar-refractivity contribution in [1.82, 2.24) is 19.8 Å². The summed E-state index contributed by atoms with van der Waals surface area (Å²) in [5.74, 6) is 0.844. The van der Waals surface area contributed by atoms with Gasteiger partial charge in [-0.15, -0.1) is 15.3 Å². The largest absolute Gasteiger partial charge is 0.493 e. The number of benzene rings is 2. The molecule has 142 valence electrons. The summed E-state index contributed by atoms with van der Waals surface area (Å²) < 4.78 is 25.1. The van der Waals surface area contributed by atoms with Crippen molar-refractivity contribution >= 4 is 27.3 Å². The van der Waals surface area contributed by atoms with Gasteiger partial charge in [0.2, 0.25) is 10.1 Å². The molecule has 0 aliphatic carbocycles. The maximum Gasteiger partial charge on any atom is 0.257 e. The summed E-state index contributed by atoms with van der Waals surface area (Å²) in [6.45, 7) is 0. The highest BCUT2D eigenvalue weighted by Gasteiger charge is 2.17. The zero-order valence-corrected chi connectivity index (χ0v) is 15.7. The minimum absolute atomic E-state index is 0.326. The Bertz CT molecular complexity index is 1160. The summed E-state index contributed by atoms with van der Waals surface area (Å²) in [4.78, 5) is 12.8. The normalized spacial score (nSPS) is 10.8. The van der Waals surface area contributed by atoms with Gasteiger partial charge in [-0.05, 0) is 42.5 Å². The third-order valence-corrected chi connectivity index (χ3v) is 4.77. The first-order valence-corrected chi connectivity index (χ1v) is 8.92. The maximum atomic E-state index is 13.0. The smallest absolute Gasteiger partial charge is 0.257 e. The summed E-state index contributed by atoms with van der Waals surface area (Å²) in [7, 11) is 3.11. The van der Waals surface area contributed by atoms with Gasteiger partial charge in [0.15, 0.2) is 17.3 Å². The fraction of sp³-hybridized carbons (Fsp3) is 0.111. The lowest BCUT2D eigenvalue weighted by molar-refractivity contribution is 0.102. The summed E-state index contributed by atoms with van der Waals surface area (Å²) in [5.41, 5.74) is 1.05. The van der Waals surface area contributed by atoms with Gasteiger partial charge in [-0.3, -0.25) is 10.1 Å². The highest BCUT2D eigenvalue weighted by Crippen LogP contribution is 2.32. The van der Waals surface area contributed by atoms with Gasteiger partial charge in [-0.2, -0.15) is 4.52 Å². The quantitative estimate of drug-likeness (QED) is 0.554. The van der Waals surface area contributed by atoms with E-state index in [1.165, 1.54) is 40.1 Å². The number of anilines is 1. The average Bonchev–Trinajstić information content (AvgIpc) is 3.28. The number of hydrogen-bond acceptors (Lipinski definition) is 7. The van der Waals surface area contributed by atoms with Gasteiger partial charge in [0.05, 0.1) is 14.2 Å². The molecule has 8 nitrogen and oxygen atoms in total. The molecular weight excluding hydrogens is 385 g/mol. The van der Waals surface area contributed by atoms with Crippen LogP contribution in [0.1, 0.15) is 10.4 Å². The Hall–Kier alpha value is -3.53. The number of nitrogens with one attached hydrogen (secondary N) is 1. The van der Waals surface area contributed by atoms with Crippen molar-refractivity contribution in [1.29, 1.82) is 0 Å². The van der Waals surface area contributed by atoms with Crippen molar-refractivity contribution in [2.45, 2.75) is 0 Å². The van der Waals surface area contributed by atoms with Crippen molar-refractivity contribution in [3.63, 3.8) is 0 Å². The van der Waals surface area contributed by atoms with Crippen LogP contribution in [0.4, 0.5) is 9.52 Å². The van der Waals surface area contributed by atoms with Crippen LogP contribution >= 0.6 is 11.3 Å². The lowest BCUT2D eigenvalue weighted by atomic mass is 10.2. The van der Waals surface area contributed by atoms with Gasteiger partial charge in [0.1, 0.15) is 5.82 Å². The first-order chi connectivity index (χ1) is 13.6. The number of carbonyl (C=O) groups is 1. The van der Waals surface area contributed by atoms with Gasteiger partial charge in [-0.1, -0.05) is 11.3 Å². The van der Waals surface area contributed by atoms with Gasteiger partial charge in [0, 0.05) is 11.1 Å². The lowest BCUT2D eigenvalue weighted by Crippen LogP contribution is -2.12. The number of carbonyl (C=O) groups excluding carboxylic acids is 1. The summed E-state index contributed by atoms with van der Waals surface area (Å²) in [6, 6.07) is 10.6. The third-order valence-electron chi connectivity index (χ3n) is 3.96. The molecule has 0 saturated heterocycles. The molecule has 1 N–H and O–H groups in total. The molecule has 0 spiro atoms. The molecular formula is C18H14FN5O3S. The van der Waals surface area contributed by atoms with E-state index in [4.69, 9.17) is 9.47 Å². The van der Waals surface area contributed by atoms with E-state index in [9.17, 15) is 9.18 Å². The highest BCUT2D eigenvalue weighted by atomic mass is 32.1. The van der Waals surface area contributed by atoms with Crippen molar-refractivity contribution in [3.8, 4) is 22.9 Å². The van der Waals surface area contributed by atoms with Crippen LogP contribution in [-0.4, -0.2) is 39.9 Å². The molecule has 0 atom stereocenters. The van der Waals surface area contributed by atoms with E-state index in [0.29, 0.717) is 33.0 Å². The fourth-order valence-electron chi connectivity index (χ4n) is 2.59. The van der Waals surface area contributed by atoms with Gasteiger partial charge < -0.3 is 9.47 Å². The van der Waals surface area contributed by atoms with Gasteiger partial charge in [-0.25, -0.2) is 4.39 Å². The zero-order valence-electron chi connectivity index (χ0n) is 14.8. The predicted molar refractivity (Wildman–Crippen MR) is 102 cm³/mol. The molecule has 0 aliphatic heterocycles. The molecule has 4 rings (SSSR count). The second kappa shape index (κ2) is 7.24. The van der Waals surface area contributed by atoms with Crippen molar-refractivity contribution < 1.29 is 18.7 Å². The number of fused-ring (bicyclic) bond motifs is 1. The molecule has 4 aromatic rings. The minimum Gasteiger partial charge on any atom is -0.493 e. The van der Waals surface area contributed by atoms with Crippen LogP contribution in [0.2, 0.25) is 0 Å². The number of hydrogen-bond donors (Lipinski definition) is 1. The van der Waals surface area contributed by atoms with Crippen LogP contribution in [0.5, 0.6) is 11.5 Å². The third kappa shape index (κ3) is 3.25. The molecule has 2 heterocycles. The van der Waals surface area contributed by atoms with E-state index >= 15 is 0 Å². The molecule has 0 fully saturated rings. The molecule has 2 aromatic carbocycles. The molecule has 10 heteroatoms. The Kier molecular flexibility index (Phi) is 4.62. The number of aromatic nitrogens is 4. The Morgan fingerprint density at radius 1 is 1.07 bits per heavy atom. The van der Waals surface area contributed by atoms with E-state index in [1.54, 1.807) is 26.4 Å². The van der Waals surface area contributed by atoms with Crippen LogP contribution in [-0.2, 0) is 0 Å². The fourth-order valence-corrected chi connectivity index (χ4v) is 3.33. The summed E-state index contributed by atoms with van der Waals surface area (Å²) >= 11 is 1.17. The molecule has 1 amide bonds. The van der Waals surface area contributed by atoms with Crippen LogP contribution < -0.4 is 14.8 Å². The van der Waals surface area contributed by atoms with Crippen LogP contribution in [0.15, 0.2) is 42.5 Å². The maximum absolute atomic E-state index is 13.0. The predicted octanol–water partition coefficient (Wildman–Crippen LogP) is 3.26. The zero-order chi connectivity index (χ0) is 19.7. The minimum atomic E-state index is -0.407. The van der Waals surface area contributed by atoms with E-state index in [-0.39, 0.29) is 0 Å². The Morgan fingerprint density at radius 2 is 1.82 bits per heavy atom. The van der Waals surface area contributed by atoms with E-state index in [0.717, 1.165) is 5.56 Å². The number of methoxy groups -OCH3 is 2. The SMILES string of the molecule is COc1ccc(-c2nnc3sc(NC(=O)c4ccc(F)cc4)nn23)cc1OC. The van der Waals surface area contributed by atoms with E-state index in [1.807, 2.05) is 6.07 Å². The first kappa shape index (κ1) is 17.9. The molecule has 0 unspecified atom stereocenters. The standard InChI is InChI=1S/C18H14FN5O3S/c1-26-13-8-5-11(9-14(13)27-2)15-21-22-18-24(15)23-17(28-18)20-16(25)10-3-6-12(19)7-4-10/h3-9H,1-2H3,(H,20,23,25). The van der Waals surface area contributed by atoms with Crippen LogP contribution in [0.3, 0.4) is 0 Å². The van der Waals surface area contributed by atoms with Crippen LogP contribution in [0.25, 0.3) is 16.3 Å². The second-order valence-electron chi connectivity index (χ2n) is 5.66. The Balaban J connectivity index is 1.64. The molecule has 0 bridgehead atoms. The number of amides is 1. The van der Waals surface area contributed by atoms with Crippen molar-refractivity contribution in [2.75, 3.05) is 19.5 Å². The molecule has 28 heavy (non-hydrogen) atoms. The number of rotatable bonds is 5. The lowest BCUT2D eigenvalue weighted by Gasteiger charge is -2.08. The molecule has 2 aromatic heterocycles.